The van der Waals surface area contributed by atoms with Gasteiger partial charge in [0.25, 0.3) is 0 Å². The van der Waals surface area contributed by atoms with E-state index in [2.05, 4.69) is 255 Å². The van der Waals surface area contributed by atoms with Crippen molar-refractivity contribution in [1.82, 2.24) is 4.57 Å². The van der Waals surface area contributed by atoms with Gasteiger partial charge < -0.3 is 9.47 Å². The number of para-hydroxylation sites is 3. The summed E-state index contributed by atoms with van der Waals surface area (Å²) in [6.07, 6.45) is 13.0. The molecule has 0 bridgehead atoms. The van der Waals surface area contributed by atoms with E-state index in [0.29, 0.717) is 0 Å². The molecule has 2 heteroatoms. The van der Waals surface area contributed by atoms with Crippen LogP contribution in [0.1, 0.15) is 71.9 Å². The van der Waals surface area contributed by atoms with Gasteiger partial charge in [0, 0.05) is 51.1 Å². The summed E-state index contributed by atoms with van der Waals surface area (Å²) in [4.78, 5) is 2.38. The van der Waals surface area contributed by atoms with Crippen LogP contribution < -0.4 is 4.90 Å². The first kappa shape index (κ1) is 49.2. The zero-order chi connectivity index (χ0) is 48.5. The van der Waals surface area contributed by atoms with Crippen molar-refractivity contribution in [1.29, 1.82) is 0 Å². The highest BCUT2D eigenvalue weighted by atomic mass is 15.1. The molecule has 0 aliphatic carbocycles. The number of nitrogens with zero attached hydrogens (tertiary/aromatic N) is 2. The summed E-state index contributed by atoms with van der Waals surface area (Å²) >= 11 is 0. The van der Waals surface area contributed by atoms with Crippen LogP contribution in [0.3, 0.4) is 0 Å². The molecule has 346 valence electrons. The molecule has 0 radical (unpaired) electrons. The van der Waals surface area contributed by atoms with Gasteiger partial charge in [-0.1, -0.05) is 231 Å². The number of aryl methyl sites for hydroxylation is 1. The topological polar surface area (TPSA) is 8.17 Å². The highest BCUT2D eigenvalue weighted by Crippen LogP contribution is 2.45. The van der Waals surface area contributed by atoms with Crippen LogP contribution in [-0.4, -0.2) is 4.57 Å². The summed E-state index contributed by atoms with van der Waals surface area (Å²) in [5.74, 6) is 0.172. The van der Waals surface area contributed by atoms with E-state index in [1.165, 1.54) is 66.3 Å². The Balaban J connectivity index is 0.00000171. The molecule has 0 spiro atoms. The van der Waals surface area contributed by atoms with Crippen molar-refractivity contribution in [2.24, 2.45) is 5.92 Å². The number of fused-ring (bicyclic) bond motifs is 3. The molecule has 1 atom stereocenters. The monoisotopic (exact) mass is 901 g/mol. The van der Waals surface area contributed by atoms with Crippen molar-refractivity contribution < 1.29 is 0 Å². The van der Waals surface area contributed by atoms with Crippen molar-refractivity contribution in [3.8, 4) is 39.1 Å². The predicted octanol–water partition coefficient (Wildman–Crippen LogP) is 19.7. The maximum Gasteiger partial charge on any atom is 0.0620 e. The summed E-state index contributed by atoms with van der Waals surface area (Å²) in [5.41, 5.74) is 17.5. The standard InChI is InChI=1S/C63H56N2.2C2H6/c1-5-8-25-47(6-2)53(39-38-46(4)49-26-14-9-15-27-49)45-64(55-32-20-12-21-33-55)61-41-40-52(42-48(61)7-3)57-36-24-37-58-60-44-54(50-28-16-10-17-29-50)43-59(51-30-18-11-19-31-51)63(60)65(62(57)58)56-34-22-13-23-35-56;2*1-2/h6,9-24,26-45,47H,2,4-5,7-8,25H2,1,3H3;2*1-2H3/b39-38-,53-45-;;. The van der Waals surface area contributed by atoms with Crippen LogP contribution in [0, 0.1) is 5.92 Å². The van der Waals surface area contributed by atoms with Gasteiger partial charge >= 0.3 is 0 Å². The molecule has 1 aromatic heterocycles. The zero-order valence-electron chi connectivity index (χ0n) is 41.6. The maximum atomic E-state index is 4.45. The first-order chi connectivity index (χ1) is 34.1. The Labute approximate surface area is 413 Å². The third-order valence-electron chi connectivity index (χ3n) is 12.6. The van der Waals surface area contributed by atoms with E-state index in [-0.39, 0.29) is 5.92 Å². The number of hydrogen-bond acceptors (Lipinski definition) is 1. The largest absolute Gasteiger partial charge is 0.317 e. The van der Waals surface area contributed by atoms with E-state index in [4.69, 9.17) is 0 Å². The molecule has 0 saturated heterocycles. The average Bonchev–Trinajstić information content (AvgIpc) is 3.78. The molecule has 1 unspecified atom stereocenters. The van der Waals surface area contributed by atoms with Gasteiger partial charge in [-0.15, -0.1) is 6.58 Å². The van der Waals surface area contributed by atoms with Gasteiger partial charge in [-0.25, -0.2) is 0 Å². The van der Waals surface area contributed by atoms with Crippen LogP contribution in [0.4, 0.5) is 11.4 Å². The Morgan fingerprint density at radius 2 is 1.14 bits per heavy atom. The minimum absolute atomic E-state index is 0.172. The highest BCUT2D eigenvalue weighted by Gasteiger charge is 2.22. The number of rotatable bonds is 16. The SMILES string of the molecule is C=CC(CCCC)C(/C=C\C(=C)c1ccccc1)=C\N(c1ccccc1)c1ccc(-c2cccc3c4cc(-c5ccccc5)cc(-c5ccccc5)c4n(-c4ccccc4)c23)cc1CC.CC.CC. The van der Waals surface area contributed by atoms with Crippen LogP contribution >= 0.6 is 0 Å². The highest BCUT2D eigenvalue weighted by molar-refractivity contribution is 6.18. The lowest BCUT2D eigenvalue weighted by Gasteiger charge is -2.27. The van der Waals surface area contributed by atoms with Crippen LogP contribution in [0.5, 0.6) is 0 Å². The molecule has 0 aliphatic heterocycles. The van der Waals surface area contributed by atoms with Gasteiger partial charge in [0.15, 0.2) is 0 Å². The second-order valence-corrected chi connectivity index (χ2v) is 16.8. The van der Waals surface area contributed by atoms with Crippen molar-refractivity contribution in [3.05, 3.63) is 254 Å². The van der Waals surface area contributed by atoms with Crippen molar-refractivity contribution >= 4 is 38.8 Å². The number of benzene rings is 8. The summed E-state index contributed by atoms with van der Waals surface area (Å²) < 4.78 is 2.50. The number of aromatic nitrogens is 1. The Kier molecular flexibility index (Phi) is 17.4. The summed E-state index contributed by atoms with van der Waals surface area (Å²) in [5, 5.41) is 2.46. The maximum absolute atomic E-state index is 4.45. The Morgan fingerprint density at radius 3 is 1.77 bits per heavy atom. The second kappa shape index (κ2) is 24.4. The third kappa shape index (κ3) is 11.0. The molecule has 0 N–H and O–H groups in total. The fraction of sp³-hybridized carbons (Fsp3) is 0.164. The number of hydrogen-bond donors (Lipinski definition) is 0. The van der Waals surface area contributed by atoms with E-state index in [1.54, 1.807) is 0 Å². The van der Waals surface area contributed by atoms with Gasteiger partial charge in [0.1, 0.15) is 0 Å². The first-order valence-corrected chi connectivity index (χ1v) is 25.1. The van der Waals surface area contributed by atoms with Crippen LogP contribution in [0.25, 0.3) is 66.4 Å². The van der Waals surface area contributed by atoms with E-state index < -0.39 is 0 Å². The van der Waals surface area contributed by atoms with Gasteiger partial charge in [-0.2, -0.15) is 0 Å². The minimum atomic E-state index is 0.172. The number of unbranched alkanes of at least 4 members (excludes halogenated alkanes) is 1. The zero-order valence-corrected chi connectivity index (χ0v) is 41.6. The van der Waals surface area contributed by atoms with Crippen molar-refractivity contribution in [3.63, 3.8) is 0 Å². The van der Waals surface area contributed by atoms with Gasteiger partial charge in [0.2, 0.25) is 0 Å². The normalized spacial score (nSPS) is 11.7. The summed E-state index contributed by atoms with van der Waals surface area (Å²) in [6, 6.07) is 72.3. The van der Waals surface area contributed by atoms with Crippen LogP contribution in [-0.2, 0) is 6.42 Å². The van der Waals surface area contributed by atoms with E-state index in [9.17, 15) is 0 Å². The lowest BCUT2D eigenvalue weighted by Crippen LogP contribution is -2.14. The van der Waals surface area contributed by atoms with Crippen molar-refractivity contribution in [2.75, 3.05) is 4.90 Å². The van der Waals surface area contributed by atoms with Crippen molar-refractivity contribution in [2.45, 2.75) is 67.2 Å². The molecule has 0 amide bonds. The lowest BCUT2D eigenvalue weighted by molar-refractivity contribution is 0.626. The van der Waals surface area contributed by atoms with E-state index in [0.717, 1.165) is 53.9 Å². The quantitative estimate of drug-likeness (QED) is 0.0693. The van der Waals surface area contributed by atoms with E-state index >= 15 is 0 Å². The molecule has 0 saturated carbocycles. The number of allylic oxidation sites excluding steroid dienone is 5. The van der Waals surface area contributed by atoms with Crippen LogP contribution in [0.15, 0.2) is 243 Å². The molecule has 0 fully saturated rings. The predicted molar refractivity (Wildman–Crippen MR) is 304 cm³/mol. The average molecular weight is 901 g/mol. The third-order valence-corrected chi connectivity index (χ3v) is 12.6. The summed E-state index contributed by atoms with van der Waals surface area (Å²) in [6.45, 7) is 21.3. The summed E-state index contributed by atoms with van der Waals surface area (Å²) in [7, 11) is 0. The molecule has 9 aromatic rings. The Bertz CT molecular complexity index is 3120. The molecule has 8 aromatic carbocycles. The van der Waals surface area contributed by atoms with E-state index in [1.807, 2.05) is 33.8 Å². The number of anilines is 2. The van der Waals surface area contributed by atoms with Crippen LogP contribution in [0.2, 0.25) is 0 Å². The molecular weight excluding hydrogens is 833 g/mol. The fourth-order valence-electron chi connectivity index (χ4n) is 9.24. The van der Waals surface area contributed by atoms with Gasteiger partial charge in [0.05, 0.1) is 11.0 Å². The Morgan fingerprint density at radius 1 is 0.551 bits per heavy atom. The lowest BCUT2D eigenvalue weighted by atomic mass is 9.92. The molecule has 69 heavy (non-hydrogen) atoms. The molecular formula is C67H68N2. The minimum Gasteiger partial charge on any atom is -0.317 e. The second-order valence-electron chi connectivity index (χ2n) is 16.8. The molecule has 2 nitrogen and oxygen atoms in total. The van der Waals surface area contributed by atoms with Gasteiger partial charge in [-0.05, 0) is 106 Å². The molecule has 1 heterocycles. The first-order valence-electron chi connectivity index (χ1n) is 25.1. The smallest absolute Gasteiger partial charge is 0.0620 e. The fourth-order valence-corrected chi connectivity index (χ4v) is 9.24. The Hall–Kier alpha value is -7.68. The molecule has 9 rings (SSSR count). The van der Waals surface area contributed by atoms with Gasteiger partial charge in [-0.3, -0.25) is 0 Å². The molecule has 0 aliphatic rings.